The maximum Gasteiger partial charge on any atom is 0.153 e. The number of aromatic nitrogens is 1. The zero-order valence-electron chi connectivity index (χ0n) is 9.04. The SMILES string of the molecule is Nc1ccc(N=Nc2ccccc2)c(N)n1.O. The summed E-state index contributed by atoms with van der Waals surface area (Å²) < 4.78 is 0. The molecule has 6 nitrogen and oxygen atoms in total. The Kier molecular flexibility index (Phi) is 4.13. The predicted molar refractivity (Wildman–Crippen MR) is 67.3 cm³/mol. The van der Waals surface area contributed by atoms with Crippen LogP contribution >= 0.6 is 0 Å². The molecule has 0 aliphatic heterocycles. The van der Waals surface area contributed by atoms with Gasteiger partial charge in [0.05, 0.1) is 5.69 Å². The molecule has 0 atom stereocenters. The first-order valence-electron chi connectivity index (χ1n) is 4.74. The number of hydrogen-bond donors (Lipinski definition) is 2. The summed E-state index contributed by atoms with van der Waals surface area (Å²) in [6.45, 7) is 0. The molecule has 6 N–H and O–H groups in total. The Hall–Kier alpha value is -2.47. The Labute approximate surface area is 98.3 Å². The van der Waals surface area contributed by atoms with Gasteiger partial charge >= 0.3 is 0 Å². The minimum Gasteiger partial charge on any atom is -0.412 e. The van der Waals surface area contributed by atoms with Crippen molar-refractivity contribution in [1.29, 1.82) is 0 Å². The molecule has 0 saturated heterocycles. The second-order valence-electron chi connectivity index (χ2n) is 3.18. The second-order valence-corrected chi connectivity index (χ2v) is 3.18. The third-order valence-electron chi connectivity index (χ3n) is 1.95. The van der Waals surface area contributed by atoms with Gasteiger partial charge in [0.15, 0.2) is 5.82 Å². The summed E-state index contributed by atoms with van der Waals surface area (Å²) in [5.74, 6) is 0.649. The van der Waals surface area contributed by atoms with Crippen LogP contribution in [0, 0.1) is 0 Å². The second kappa shape index (κ2) is 5.57. The Morgan fingerprint density at radius 3 is 2.24 bits per heavy atom. The van der Waals surface area contributed by atoms with Crippen LogP contribution in [0.4, 0.5) is 23.0 Å². The molecule has 0 radical (unpaired) electrons. The van der Waals surface area contributed by atoms with Crippen LogP contribution < -0.4 is 11.5 Å². The Balaban J connectivity index is 0.00000144. The van der Waals surface area contributed by atoms with Gasteiger partial charge in [0.1, 0.15) is 11.5 Å². The van der Waals surface area contributed by atoms with Crippen LogP contribution in [0.15, 0.2) is 52.7 Å². The van der Waals surface area contributed by atoms with Crippen LogP contribution in [-0.4, -0.2) is 10.5 Å². The number of rotatable bonds is 2. The third kappa shape index (κ3) is 3.25. The number of nitrogen functional groups attached to an aromatic ring is 2. The van der Waals surface area contributed by atoms with E-state index in [-0.39, 0.29) is 11.3 Å². The van der Waals surface area contributed by atoms with Crippen molar-refractivity contribution in [3.05, 3.63) is 42.5 Å². The highest BCUT2D eigenvalue weighted by atomic mass is 16.0. The topological polar surface area (TPSA) is 121 Å². The first-order chi connectivity index (χ1) is 7.75. The molecule has 2 aromatic rings. The van der Waals surface area contributed by atoms with Gasteiger partial charge in [-0.1, -0.05) is 18.2 Å². The molecule has 2 rings (SSSR count). The van der Waals surface area contributed by atoms with E-state index >= 15 is 0 Å². The molecule has 0 fully saturated rings. The average molecular weight is 231 g/mol. The van der Waals surface area contributed by atoms with Crippen molar-refractivity contribution in [2.24, 2.45) is 10.2 Å². The van der Waals surface area contributed by atoms with Gasteiger partial charge in [-0.25, -0.2) is 4.98 Å². The van der Waals surface area contributed by atoms with Crippen molar-refractivity contribution in [2.45, 2.75) is 0 Å². The van der Waals surface area contributed by atoms with Gasteiger partial charge in [0, 0.05) is 0 Å². The summed E-state index contributed by atoms with van der Waals surface area (Å²) in [7, 11) is 0. The molecule has 0 saturated carbocycles. The molecule has 0 amide bonds. The van der Waals surface area contributed by atoms with Crippen molar-refractivity contribution in [3.8, 4) is 0 Å². The minimum absolute atomic E-state index is 0. The highest BCUT2D eigenvalue weighted by molar-refractivity contribution is 5.60. The van der Waals surface area contributed by atoms with Crippen molar-refractivity contribution in [3.63, 3.8) is 0 Å². The monoisotopic (exact) mass is 231 g/mol. The first kappa shape index (κ1) is 12.6. The maximum absolute atomic E-state index is 5.64. The molecule has 0 spiro atoms. The lowest BCUT2D eigenvalue weighted by Crippen LogP contribution is -1.95. The van der Waals surface area contributed by atoms with E-state index in [0.29, 0.717) is 11.5 Å². The quantitative estimate of drug-likeness (QED) is 0.766. The number of pyridine rings is 1. The smallest absolute Gasteiger partial charge is 0.153 e. The number of nitrogens with zero attached hydrogens (tertiary/aromatic N) is 3. The number of hydrogen-bond acceptors (Lipinski definition) is 5. The van der Waals surface area contributed by atoms with Gasteiger partial charge in [0.2, 0.25) is 0 Å². The summed E-state index contributed by atoms with van der Waals surface area (Å²) in [4.78, 5) is 3.89. The van der Waals surface area contributed by atoms with E-state index in [9.17, 15) is 0 Å². The number of anilines is 2. The van der Waals surface area contributed by atoms with E-state index < -0.39 is 0 Å². The molecule has 88 valence electrons. The van der Waals surface area contributed by atoms with Crippen molar-refractivity contribution in [1.82, 2.24) is 4.98 Å². The molecule has 0 aliphatic carbocycles. The van der Waals surface area contributed by atoms with Crippen LogP contribution in [0.25, 0.3) is 0 Å². The molecular weight excluding hydrogens is 218 g/mol. The summed E-state index contributed by atoms with van der Waals surface area (Å²) in [6, 6.07) is 12.7. The molecule has 1 heterocycles. The highest BCUT2D eigenvalue weighted by Gasteiger charge is 1.98. The standard InChI is InChI=1S/C11H11N5.H2O/c12-10-7-6-9(11(13)14-10)16-15-8-4-2-1-3-5-8;/h1-7H,(H4,12,13,14);1H2. The normalized spacial score (nSPS) is 10.1. The van der Waals surface area contributed by atoms with E-state index in [4.69, 9.17) is 11.5 Å². The minimum atomic E-state index is 0. The zero-order chi connectivity index (χ0) is 11.4. The third-order valence-corrected chi connectivity index (χ3v) is 1.95. The summed E-state index contributed by atoms with van der Waals surface area (Å²) in [6.07, 6.45) is 0. The summed E-state index contributed by atoms with van der Waals surface area (Å²) in [5, 5.41) is 8.03. The van der Waals surface area contributed by atoms with E-state index in [2.05, 4.69) is 15.2 Å². The fourth-order valence-corrected chi connectivity index (χ4v) is 1.17. The average Bonchev–Trinajstić information content (AvgIpc) is 2.29. The summed E-state index contributed by atoms with van der Waals surface area (Å²) in [5.41, 5.74) is 12.4. The number of benzene rings is 1. The van der Waals surface area contributed by atoms with Gasteiger partial charge < -0.3 is 16.9 Å². The molecule has 17 heavy (non-hydrogen) atoms. The van der Waals surface area contributed by atoms with Crippen LogP contribution in [0.2, 0.25) is 0 Å². The fraction of sp³-hybridized carbons (Fsp3) is 0. The van der Waals surface area contributed by atoms with Crippen molar-refractivity contribution in [2.75, 3.05) is 11.5 Å². The predicted octanol–water partition coefficient (Wildman–Crippen LogP) is 1.84. The highest BCUT2D eigenvalue weighted by Crippen LogP contribution is 2.23. The molecule has 0 unspecified atom stereocenters. The summed E-state index contributed by atoms with van der Waals surface area (Å²) >= 11 is 0. The van der Waals surface area contributed by atoms with E-state index in [1.54, 1.807) is 12.1 Å². The van der Waals surface area contributed by atoms with Gasteiger partial charge in [-0.05, 0) is 24.3 Å². The molecule has 0 bridgehead atoms. The lowest BCUT2D eigenvalue weighted by Gasteiger charge is -1.98. The van der Waals surface area contributed by atoms with Crippen LogP contribution in [0.5, 0.6) is 0 Å². The maximum atomic E-state index is 5.64. The first-order valence-corrected chi connectivity index (χ1v) is 4.74. The number of nitrogens with two attached hydrogens (primary N) is 2. The van der Waals surface area contributed by atoms with Crippen LogP contribution in [0.1, 0.15) is 0 Å². The van der Waals surface area contributed by atoms with Gasteiger partial charge in [-0.2, -0.15) is 5.11 Å². The van der Waals surface area contributed by atoms with E-state index in [1.165, 1.54) is 0 Å². The van der Waals surface area contributed by atoms with Crippen LogP contribution in [0.3, 0.4) is 0 Å². The van der Waals surface area contributed by atoms with E-state index in [0.717, 1.165) is 5.69 Å². The number of azo groups is 1. The molecule has 1 aromatic heterocycles. The fourth-order valence-electron chi connectivity index (χ4n) is 1.17. The largest absolute Gasteiger partial charge is 0.412 e. The zero-order valence-corrected chi connectivity index (χ0v) is 9.04. The van der Waals surface area contributed by atoms with Gasteiger partial charge in [-0.15, -0.1) is 5.11 Å². The molecule has 1 aromatic carbocycles. The Morgan fingerprint density at radius 1 is 0.882 bits per heavy atom. The Morgan fingerprint density at radius 2 is 1.59 bits per heavy atom. The van der Waals surface area contributed by atoms with Crippen molar-refractivity contribution >= 4 is 23.0 Å². The molecular formula is C11H13N5O. The molecule has 0 aliphatic rings. The van der Waals surface area contributed by atoms with Gasteiger partial charge in [-0.3, -0.25) is 0 Å². The lowest BCUT2D eigenvalue weighted by molar-refractivity contribution is 0.824. The van der Waals surface area contributed by atoms with Gasteiger partial charge in [0.25, 0.3) is 0 Å². The van der Waals surface area contributed by atoms with E-state index in [1.807, 2.05) is 30.3 Å². The lowest BCUT2D eigenvalue weighted by atomic mass is 10.3. The van der Waals surface area contributed by atoms with Crippen LogP contribution in [-0.2, 0) is 0 Å². The Bertz CT molecular complexity index is 513. The molecule has 6 heteroatoms. The van der Waals surface area contributed by atoms with Crippen molar-refractivity contribution < 1.29 is 5.48 Å².